The van der Waals surface area contributed by atoms with E-state index in [1.165, 1.54) is 14.2 Å². The summed E-state index contributed by atoms with van der Waals surface area (Å²) in [7, 11) is 2.69. The molecule has 6 heteroatoms. The van der Waals surface area contributed by atoms with E-state index in [1.807, 2.05) is 54.6 Å². The van der Waals surface area contributed by atoms with E-state index in [4.69, 9.17) is 9.47 Å². The summed E-state index contributed by atoms with van der Waals surface area (Å²) < 4.78 is 9.89. The Morgan fingerprint density at radius 3 is 2.08 bits per heavy atom. The molecule has 2 aromatic rings. The molecule has 2 aromatic carbocycles. The predicted molar refractivity (Wildman–Crippen MR) is 88.0 cm³/mol. The average Bonchev–Trinajstić information content (AvgIpc) is 2.66. The molecule has 124 valence electrons. The SMILES string of the molecule is COC(=O)C1NN(c2ccccc2)C(C(=O)OC)c2ccccc21. The van der Waals surface area contributed by atoms with Crippen molar-refractivity contribution >= 4 is 17.6 Å². The normalized spacial score (nSPS) is 19.3. The van der Waals surface area contributed by atoms with Crippen LogP contribution < -0.4 is 10.4 Å². The van der Waals surface area contributed by atoms with Crippen molar-refractivity contribution in [2.45, 2.75) is 12.1 Å². The Morgan fingerprint density at radius 1 is 0.875 bits per heavy atom. The van der Waals surface area contributed by atoms with Crippen molar-refractivity contribution in [2.75, 3.05) is 19.2 Å². The summed E-state index contributed by atoms with van der Waals surface area (Å²) in [6.07, 6.45) is 0. The van der Waals surface area contributed by atoms with E-state index >= 15 is 0 Å². The highest BCUT2D eigenvalue weighted by Gasteiger charge is 2.41. The second-order valence-electron chi connectivity index (χ2n) is 5.35. The third kappa shape index (κ3) is 2.72. The molecule has 1 heterocycles. The number of para-hydroxylation sites is 1. The third-order valence-electron chi connectivity index (χ3n) is 4.02. The molecule has 1 aliphatic rings. The van der Waals surface area contributed by atoms with Gasteiger partial charge in [0.1, 0.15) is 6.04 Å². The molecule has 1 aliphatic heterocycles. The Hall–Kier alpha value is -2.86. The molecule has 0 saturated heterocycles. The van der Waals surface area contributed by atoms with Crippen LogP contribution in [0.3, 0.4) is 0 Å². The van der Waals surface area contributed by atoms with Crippen molar-refractivity contribution in [3.8, 4) is 0 Å². The van der Waals surface area contributed by atoms with Gasteiger partial charge in [-0.1, -0.05) is 42.5 Å². The largest absolute Gasteiger partial charge is 0.468 e. The second kappa shape index (κ2) is 6.72. The molecule has 0 amide bonds. The quantitative estimate of drug-likeness (QED) is 0.872. The number of nitrogens with one attached hydrogen (secondary N) is 1. The molecule has 0 aliphatic carbocycles. The minimum absolute atomic E-state index is 0.415. The predicted octanol–water partition coefficient (Wildman–Crippen LogP) is 2.14. The first-order valence-corrected chi connectivity index (χ1v) is 7.52. The lowest BCUT2D eigenvalue weighted by molar-refractivity contribution is -0.146. The highest BCUT2D eigenvalue weighted by Crippen LogP contribution is 2.37. The summed E-state index contributed by atoms with van der Waals surface area (Å²) >= 11 is 0. The van der Waals surface area contributed by atoms with Gasteiger partial charge in [-0.3, -0.25) is 5.01 Å². The first-order valence-electron chi connectivity index (χ1n) is 7.52. The number of carbonyl (C=O) groups is 2. The fraction of sp³-hybridized carbons (Fsp3) is 0.222. The van der Waals surface area contributed by atoms with E-state index in [-0.39, 0.29) is 0 Å². The van der Waals surface area contributed by atoms with Gasteiger partial charge in [-0.25, -0.2) is 15.0 Å². The molecule has 0 radical (unpaired) electrons. The number of hydrazine groups is 1. The van der Waals surface area contributed by atoms with Gasteiger partial charge in [0.25, 0.3) is 0 Å². The van der Waals surface area contributed by atoms with Crippen molar-refractivity contribution in [2.24, 2.45) is 0 Å². The number of esters is 2. The first kappa shape index (κ1) is 16.0. The fourth-order valence-corrected chi connectivity index (χ4v) is 2.90. The van der Waals surface area contributed by atoms with Crippen molar-refractivity contribution in [1.29, 1.82) is 0 Å². The summed E-state index contributed by atoms with van der Waals surface area (Å²) in [6.45, 7) is 0. The van der Waals surface area contributed by atoms with Gasteiger partial charge >= 0.3 is 11.9 Å². The highest BCUT2D eigenvalue weighted by atomic mass is 16.5. The van der Waals surface area contributed by atoms with E-state index in [1.54, 1.807) is 5.01 Å². The Kier molecular flexibility index (Phi) is 4.48. The zero-order chi connectivity index (χ0) is 17.1. The number of ether oxygens (including phenoxy) is 2. The minimum atomic E-state index is -0.702. The summed E-state index contributed by atoms with van der Waals surface area (Å²) in [5.74, 6) is -0.839. The zero-order valence-corrected chi connectivity index (χ0v) is 13.4. The van der Waals surface area contributed by atoms with Gasteiger partial charge < -0.3 is 9.47 Å². The highest BCUT2D eigenvalue weighted by molar-refractivity contribution is 5.86. The lowest BCUT2D eigenvalue weighted by Crippen LogP contribution is -2.52. The van der Waals surface area contributed by atoms with Gasteiger partial charge in [-0.15, -0.1) is 0 Å². The zero-order valence-electron chi connectivity index (χ0n) is 13.4. The second-order valence-corrected chi connectivity index (χ2v) is 5.35. The number of anilines is 1. The van der Waals surface area contributed by atoms with E-state index in [2.05, 4.69) is 5.43 Å². The van der Waals surface area contributed by atoms with Crippen LogP contribution in [0, 0.1) is 0 Å². The maximum atomic E-state index is 12.4. The van der Waals surface area contributed by atoms with Crippen LogP contribution in [0.1, 0.15) is 23.2 Å². The van der Waals surface area contributed by atoms with E-state index in [0.29, 0.717) is 11.1 Å². The molecule has 2 atom stereocenters. The van der Waals surface area contributed by atoms with Gasteiger partial charge in [0.15, 0.2) is 6.04 Å². The molecule has 3 rings (SSSR count). The maximum absolute atomic E-state index is 12.4. The van der Waals surface area contributed by atoms with Gasteiger partial charge in [0, 0.05) is 0 Å². The number of carbonyl (C=O) groups excluding carboxylic acids is 2. The monoisotopic (exact) mass is 326 g/mol. The van der Waals surface area contributed by atoms with Gasteiger partial charge in [-0.05, 0) is 23.3 Å². The molecular weight excluding hydrogens is 308 g/mol. The van der Waals surface area contributed by atoms with Crippen LogP contribution in [0.5, 0.6) is 0 Å². The number of methoxy groups -OCH3 is 2. The average molecular weight is 326 g/mol. The maximum Gasteiger partial charge on any atom is 0.334 e. The van der Waals surface area contributed by atoms with Crippen LogP contribution in [0.2, 0.25) is 0 Å². The Bertz CT molecular complexity index is 748. The molecule has 24 heavy (non-hydrogen) atoms. The van der Waals surface area contributed by atoms with Crippen molar-refractivity contribution in [1.82, 2.24) is 5.43 Å². The molecule has 0 aromatic heterocycles. The Labute approximate surface area is 140 Å². The topological polar surface area (TPSA) is 67.9 Å². The van der Waals surface area contributed by atoms with Crippen molar-refractivity contribution < 1.29 is 19.1 Å². The standard InChI is InChI=1S/C18H18N2O4/c1-23-17(21)15-13-10-6-7-11-14(13)16(18(22)24-2)20(19-15)12-8-4-3-5-9-12/h3-11,15-16,19H,1-2H3. The number of hydrogen-bond acceptors (Lipinski definition) is 6. The van der Waals surface area contributed by atoms with Crippen LogP contribution in [-0.2, 0) is 19.1 Å². The summed E-state index contributed by atoms with van der Waals surface area (Å²) in [6, 6.07) is 15.2. The van der Waals surface area contributed by atoms with E-state index in [0.717, 1.165) is 5.69 Å². The molecule has 2 unspecified atom stereocenters. The Balaban J connectivity index is 2.15. The van der Waals surface area contributed by atoms with Crippen LogP contribution in [-0.4, -0.2) is 26.2 Å². The fourth-order valence-electron chi connectivity index (χ4n) is 2.90. The number of fused-ring (bicyclic) bond motifs is 1. The number of hydrogen-bond donors (Lipinski definition) is 1. The van der Waals surface area contributed by atoms with Crippen LogP contribution in [0.25, 0.3) is 0 Å². The van der Waals surface area contributed by atoms with E-state index < -0.39 is 24.0 Å². The van der Waals surface area contributed by atoms with Gasteiger partial charge in [0.2, 0.25) is 0 Å². The molecule has 0 saturated carbocycles. The lowest BCUT2D eigenvalue weighted by Gasteiger charge is -2.40. The smallest absolute Gasteiger partial charge is 0.334 e. The van der Waals surface area contributed by atoms with Gasteiger partial charge in [-0.2, -0.15) is 0 Å². The first-order chi connectivity index (χ1) is 11.7. The van der Waals surface area contributed by atoms with Crippen LogP contribution in [0.4, 0.5) is 5.69 Å². The minimum Gasteiger partial charge on any atom is -0.468 e. The number of rotatable bonds is 3. The van der Waals surface area contributed by atoms with Crippen molar-refractivity contribution in [3.63, 3.8) is 0 Å². The summed E-state index contributed by atoms with van der Waals surface area (Å²) in [5.41, 5.74) is 5.26. The summed E-state index contributed by atoms with van der Waals surface area (Å²) in [5, 5.41) is 1.65. The molecule has 0 spiro atoms. The van der Waals surface area contributed by atoms with Gasteiger partial charge in [0.05, 0.1) is 19.9 Å². The Morgan fingerprint density at radius 2 is 1.46 bits per heavy atom. The van der Waals surface area contributed by atoms with Crippen LogP contribution in [0.15, 0.2) is 54.6 Å². The molecule has 0 fully saturated rings. The third-order valence-corrected chi connectivity index (χ3v) is 4.02. The van der Waals surface area contributed by atoms with E-state index in [9.17, 15) is 9.59 Å². The lowest BCUT2D eigenvalue weighted by atomic mass is 9.92. The molecule has 0 bridgehead atoms. The molecular formula is C18H18N2O4. The molecule has 1 N–H and O–H groups in total. The number of nitrogens with zero attached hydrogens (tertiary/aromatic N) is 1. The summed E-state index contributed by atoms with van der Waals surface area (Å²) in [4.78, 5) is 24.7. The van der Waals surface area contributed by atoms with Crippen molar-refractivity contribution in [3.05, 3.63) is 65.7 Å². The van der Waals surface area contributed by atoms with Crippen LogP contribution >= 0.6 is 0 Å². The molecule has 6 nitrogen and oxygen atoms in total. The number of benzene rings is 2.